The Morgan fingerprint density at radius 2 is 1.66 bits per heavy atom. The predicted molar refractivity (Wildman–Crippen MR) is 136 cm³/mol. The minimum absolute atomic E-state index is 0.306. The molecule has 0 aliphatic carbocycles. The van der Waals surface area contributed by atoms with Gasteiger partial charge in [0, 0.05) is 50.9 Å². The van der Waals surface area contributed by atoms with Crippen molar-refractivity contribution in [1.82, 2.24) is 9.47 Å². The van der Waals surface area contributed by atoms with Crippen molar-refractivity contribution in [3.05, 3.63) is 84.4 Å². The van der Waals surface area contributed by atoms with Crippen molar-refractivity contribution in [3.63, 3.8) is 0 Å². The molecule has 1 aliphatic rings. The molecular weight excluding hydrogens is 442 g/mol. The van der Waals surface area contributed by atoms with Crippen molar-refractivity contribution in [3.8, 4) is 0 Å². The molecule has 4 aromatic rings. The Kier molecular flexibility index (Phi) is 5.61. The zero-order valence-electron chi connectivity index (χ0n) is 19.6. The average Bonchev–Trinajstić information content (AvgIpc) is 3.31. The third-order valence-electron chi connectivity index (χ3n) is 6.36. The molecule has 1 aliphatic heterocycles. The number of carbonyl (C=O) groups excluding carboxylic acids is 3. The number of benzene rings is 3. The second-order valence-electron chi connectivity index (χ2n) is 8.50. The SMILES string of the molecule is C=C1c2ccccc2C(=O)N1CC(=O)OC(C)C(=O)Nc1ccc2c(c1)c1ccccc1n2CC. The van der Waals surface area contributed by atoms with Crippen LogP contribution in [-0.4, -0.2) is 39.9 Å². The van der Waals surface area contributed by atoms with Crippen LogP contribution >= 0.6 is 0 Å². The molecule has 1 atom stereocenters. The fourth-order valence-corrected chi connectivity index (χ4v) is 4.63. The number of aromatic nitrogens is 1. The lowest BCUT2D eigenvalue weighted by Gasteiger charge is -2.18. The normalized spacial score (nSPS) is 13.8. The van der Waals surface area contributed by atoms with E-state index in [4.69, 9.17) is 4.74 Å². The summed E-state index contributed by atoms with van der Waals surface area (Å²) in [4.78, 5) is 39.2. The highest BCUT2D eigenvalue weighted by molar-refractivity contribution is 6.11. The molecule has 7 heteroatoms. The van der Waals surface area contributed by atoms with Gasteiger partial charge in [-0.1, -0.05) is 43.0 Å². The van der Waals surface area contributed by atoms with Crippen molar-refractivity contribution in [2.75, 3.05) is 11.9 Å². The summed E-state index contributed by atoms with van der Waals surface area (Å²) in [5, 5.41) is 4.98. The Balaban J connectivity index is 1.27. The lowest BCUT2D eigenvalue weighted by atomic mass is 10.1. The summed E-state index contributed by atoms with van der Waals surface area (Å²) in [6, 6.07) is 20.9. The summed E-state index contributed by atoms with van der Waals surface area (Å²) >= 11 is 0. The van der Waals surface area contributed by atoms with Crippen molar-refractivity contribution in [1.29, 1.82) is 0 Å². The number of rotatable bonds is 6. The first-order chi connectivity index (χ1) is 16.9. The smallest absolute Gasteiger partial charge is 0.326 e. The summed E-state index contributed by atoms with van der Waals surface area (Å²) in [7, 11) is 0. The quantitative estimate of drug-likeness (QED) is 0.413. The van der Waals surface area contributed by atoms with Gasteiger partial charge in [-0.25, -0.2) is 0 Å². The Morgan fingerprint density at radius 3 is 2.40 bits per heavy atom. The van der Waals surface area contributed by atoms with Crippen molar-refractivity contribution < 1.29 is 19.1 Å². The maximum atomic E-state index is 12.8. The maximum Gasteiger partial charge on any atom is 0.326 e. The van der Waals surface area contributed by atoms with E-state index in [1.54, 1.807) is 18.2 Å². The number of nitrogens with one attached hydrogen (secondary N) is 1. The number of hydrogen-bond donors (Lipinski definition) is 1. The molecule has 1 unspecified atom stereocenters. The summed E-state index contributed by atoms with van der Waals surface area (Å²) < 4.78 is 7.56. The predicted octanol–water partition coefficient (Wildman–Crippen LogP) is 4.81. The first kappa shape index (κ1) is 22.4. The second-order valence-corrected chi connectivity index (χ2v) is 8.50. The van der Waals surface area contributed by atoms with Crippen LogP contribution in [0.4, 0.5) is 5.69 Å². The molecule has 1 N–H and O–H groups in total. The van der Waals surface area contributed by atoms with Gasteiger partial charge in [0.05, 0.1) is 0 Å². The maximum absolute atomic E-state index is 12.8. The first-order valence-electron chi connectivity index (χ1n) is 11.5. The highest BCUT2D eigenvalue weighted by Gasteiger charge is 2.33. The van der Waals surface area contributed by atoms with Gasteiger partial charge in [-0.3, -0.25) is 19.3 Å². The first-order valence-corrected chi connectivity index (χ1v) is 11.5. The van der Waals surface area contributed by atoms with E-state index in [9.17, 15) is 14.4 Å². The summed E-state index contributed by atoms with van der Waals surface area (Å²) in [6.45, 7) is 8.04. The number of anilines is 1. The molecule has 3 aromatic carbocycles. The summed E-state index contributed by atoms with van der Waals surface area (Å²) in [5.41, 5.74) is 4.47. The van der Waals surface area contributed by atoms with Gasteiger partial charge in [-0.2, -0.15) is 0 Å². The Labute approximate surface area is 202 Å². The van der Waals surface area contributed by atoms with Gasteiger partial charge < -0.3 is 14.6 Å². The molecule has 2 heterocycles. The molecule has 2 amide bonds. The highest BCUT2D eigenvalue weighted by Crippen LogP contribution is 2.32. The van der Waals surface area contributed by atoms with Crippen LogP contribution in [0.2, 0.25) is 0 Å². The minimum Gasteiger partial charge on any atom is -0.451 e. The number of carbonyl (C=O) groups is 3. The lowest BCUT2D eigenvalue weighted by Crippen LogP contribution is -2.35. The molecule has 0 bridgehead atoms. The molecule has 5 rings (SSSR count). The van der Waals surface area contributed by atoms with E-state index in [1.807, 2.05) is 36.4 Å². The van der Waals surface area contributed by atoms with Gasteiger partial charge in [0.15, 0.2) is 6.10 Å². The van der Waals surface area contributed by atoms with E-state index in [2.05, 4.69) is 35.5 Å². The van der Waals surface area contributed by atoms with E-state index in [1.165, 1.54) is 11.8 Å². The number of nitrogens with zero attached hydrogens (tertiary/aromatic N) is 2. The van der Waals surface area contributed by atoms with E-state index >= 15 is 0 Å². The molecule has 0 saturated carbocycles. The van der Waals surface area contributed by atoms with Gasteiger partial charge in [0.1, 0.15) is 6.54 Å². The molecule has 0 radical (unpaired) electrons. The van der Waals surface area contributed by atoms with Crippen LogP contribution in [0.15, 0.2) is 73.3 Å². The Bertz CT molecular complexity index is 1480. The molecule has 0 saturated heterocycles. The van der Waals surface area contributed by atoms with E-state index in [0.717, 1.165) is 28.4 Å². The number of amides is 2. The summed E-state index contributed by atoms with van der Waals surface area (Å²) in [6.07, 6.45) is -1.04. The van der Waals surface area contributed by atoms with Crippen molar-refractivity contribution >= 4 is 51.0 Å². The van der Waals surface area contributed by atoms with Crippen LogP contribution in [0.5, 0.6) is 0 Å². The topological polar surface area (TPSA) is 80.6 Å². The van der Waals surface area contributed by atoms with Crippen molar-refractivity contribution in [2.24, 2.45) is 0 Å². The van der Waals surface area contributed by atoms with Crippen LogP contribution in [0.3, 0.4) is 0 Å². The number of ether oxygens (including phenoxy) is 1. The third kappa shape index (κ3) is 3.85. The van der Waals surface area contributed by atoms with Crippen molar-refractivity contribution in [2.45, 2.75) is 26.5 Å². The largest absolute Gasteiger partial charge is 0.451 e. The van der Waals surface area contributed by atoms with Gasteiger partial charge in [-0.15, -0.1) is 0 Å². The fourth-order valence-electron chi connectivity index (χ4n) is 4.63. The van der Waals surface area contributed by atoms with Crippen LogP contribution in [0.25, 0.3) is 27.5 Å². The molecule has 176 valence electrons. The molecule has 0 spiro atoms. The molecule has 7 nitrogen and oxygen atoms in total. The second kappa shape index (κ2) is 8.76. The number of para-hydroxylation sites is 1. The van der Waals surface area contributed by atoms with E-state index in [0.29, 0.717) is 22.5 Å². The molecule has 1 aromatic heterocycles. The van der Waals surface area contributed by atoms with Crippen LogP contribution in [0.1, 0.15) is 29.8 Å². The van der Waals surface area contributed by atoms with Crippen LogP contribution in [0, 0.1) is 0 Å². The zero-order chi connectivity index (χ0) is 24.7. The van der Waals surface area contributed by atoms with E-state index < -0.39 is 18.0 Å². The van der Waals surface area contributed by atoms with Gasteiger partial charge in [0.2, 0.25) is 0 Å². The molecule has 35 heavy (non-hydrogen) atoms. The fraction of sp³-hybridized carbons (Fsp3) is 0.179. The third-order valence-corrected chi connectivity index (χ3v) is 6.36. The standard InChI is InChI=1S/C28H25N3O4/c1-4-30-24-12-8-7-10-21(24)23-15-19(13-14-25(23)30)29-27(33)18(3)35-26(32)16-31-17(2)20-9-5-6-11-22(20)28(31)34/h5-15,18H,2,4,16H2,1,3H3,(H,29,33). The zero-order valence-corrected chi connectivity index (χ0v) is 19.6. The van der Waals surface area contributed by atoms with E-state index in [-0.39, 0.29) is 12.5 Å². The molecule has 0 fully saturated rings. The monoisotopic (exact) mass is 467 g/mol. The average molecular weight is 468 g/mol. The number of hydrogen-bond acceptors (Lipinski definition) is 4. The Hall–Kier alpha value is -4.39. The summed E-state index contributed by atoms with van der Waals surface area (Å²) in [5.74, 6) is -1.44. The minimum atomic E-state index is -1.04. The Morgan fingerprint density at radius 1 is 0.971 bits per heavy atom. The number of fused-ring (bicyclic) bond motifs is 4. The van der Waals surface area contributed by atoms with Crippen LogP contribution in [-0.2, 0) is 20.9 Å². The number of aryl methyl sites for hydroxylation is 1. The highest BCUT2D eigenvalue weighted by atomic mass is 16.5. The van der Waals surface area contributed by atoms with Gasteiger partial charge in [0.25, 0.3) is 11.8 Å². The lowest BCUT2D eigenvalue weighted by molar-refractivity contribution is -0.153. The van der Waals surface area contributed by atoms with Gasteiger partial charge >= 0.3 is 5.97 Å². The van der Waals surface area contributed by atoms with Crippen LogP contribution < -0.4 is 5.32 Å². The van der Waals surface area contributed by atoms with Gasteiger partial charge in [-0.05, 0) is 44.2 Å². The molecular formula is C28H25N3O4. The number of esters is 1.